The van der Waals surface area contributed by atoms with Crippen molar-refractivity contribution in [1.82, 2.24) is 9.97 Å². The molecule has 6 heteroatoms. The topological polar surface area (TPSA) is 55.3 Å². The Morgan fingerprint density at radius 3 is 2.59 bits per heavy atom. The number of hydrogen-bond donors (Lipinski definition) is 0. The van der Waals surface area contributed by atoms with Gasteiger partial charge in [-0.25, -0.2) is 4.98 Å². The van der Waals surface area contributed by atoms with Gasteiger partial charge in [-0.1, -0.05) is 23.5 Å². The molecule has 0 atom stereocenters. The Hall–Kier alpha value is -3.25. The van der Waals surface area contributed by atoms with Gasteiger partial charge in [0.25, 0.3) is 5.91 Å². The highest BCUT2D eigenvalue weighted by atomic mass is 32.1. The third-order valence-electron chi connectivity index (χ3n) is 4.67. The van der Waals surface area contributed by atoms with Crippen LogP contribution >= 0.6 is 11.3 Å². The van der Waals surface area contributed by atoms with E-state index >= 15 is 0 Å². The van der Waals surface area contributed by atoms with Crippen LogP contribution in [0.2, 0.25) is 0 Å². The van der Waals surface area contributed by atoms with Gasteiger partial charge in [-0.05, 0) is 67.4 Å². The number of fused-ring (bicyclic) bond motifs is 1. The van der Waals surface area contributed by atoms with Crippen molar-refractivity contribution in [3.63, 3.8) is 0 Å². The molecule has 0 N–H and O–H groups in total. The van der Waals surface area contributed by atoms with Crippen LogP contribution in [0.3, 0.4) is 0 Å². The smallest absolute Gasteiger partial charge is 0.260 e. The first kappa shape index (κ1) is 19.1. The highest BCUT2D eigenvalue weighted by Crippen LogP contribution is 2.33. The zero-order valence-electron chi connectivity index (χ0n) is 16.5. The van der Waals surface area contributed by atoms with Gasteiger partial charge in [0.15, 0.2) is 5.13 Å². The Morgan fingerprint density at radius 1 is 1.10 bits per heavy atom. The Kier molecular flexibility index (Phi) is 5.27. The molecule has 0 aliphatic carbocycles. The third kappa shape index (κ3) is 3.98. The molecule has 0 saturated carbocycles. The van der Waals surface area contributed by atoms with Crippen molar-refractivity contribution in [2.75, 3.05) is 12.0 Å². The Morgan fingerprint density at radius 2 is 1.90 bits per heavy atom. The van der Waals surface area contributed by atoms with Crippen LogP contribution in [-0.4, -0.2) is 23.0 Å². The second-order valence-corrected chi connectivity index (χ2v) is 7.84. The number of amides is 1. The van der Waals surface area contributed by atoms with Crippen LogP contribution in [0.4, 0.5) is 5.13 Å². The molecule has 0 spiro atoms. The van der Waals surface area contributed by atoms with Gasteiger partial charge in [0.1, 0.15) is 5.75 Å². The van der Waals surface area contributed by atoms with Crippen LogP contribution in [0.1, 0.15) is 27.2 Å². The SMILES string of the molecule is COc1ccc(C(=O)N(Cc2ccccn2)c2nc3cc(C)cc(C)c3s2)cc1. The Balaban J connectivity index is 1.77. The number of ether oxygens (including phenoxy) is 1. The van der Waals surface area contributed by atoms with Crippen molar-refractivity contribution < 1.29 is 9.53 Å². The third-order valence-corrected chi connectivity index (χ3v) is 5.90. The minimum Gasteiger partial charge on any atom is -0.497 e. The van der Waals surface area contributed by atoms with Gasteiger partial charge in [-0.2, -0.15) is 0 Å². The highest BCUT2D eigenvalue weighted by molar-refractivity contribution is 7.22. The van der Waals surface area contributed by atoms with Crippen molar-refractivity contribution in [2.24, 2.45) is 0 Å². The zero-order valence-corrected chi connectivity index (χ0v) is 17.4. The molecule has 29 heavy (non-hydrogen) atoms. The number of anilines is 1. The van der Waals surface area contributed by atoms with Gasteiger partial charge in [0.05, 0.1) is 29.6 Å². The first-order chi connectivity index (χ1) is 14.0. The molecule has 0 radical (unpaired) electrons. The van der Waals surface area contributed by atoms with E-state index < -0.39 is 0 Å². The van der Waals surface area contributed by atoms with Gasteiger partial charge >= 0.3 is 0 Å². The second-order valence-electron chi connectivity index (χ2n) is 6.87. The molecule has 4 aromatic rings. The first-order valence-corrected chi connectivity index (χ1v) is 10.1. The van der Waals surface area contributed by atoms with E-state index in [1.165, 1.54) is 16.9 Å². The molecule has 2 heterocycles. The molecule has 146 valence electrons. The summed E-state index contributed by atoms with van der Waals surface area (Å²) in [5.41, 5.74) is 4.62. The standard InChI is InChI=1S/C23H21N3O2S/c1-15-12-16(2)21-20(13-15)25-23(29-21)26(14-18-6-4-5-11-24-18)22(27)17-7-9-19(28-3)10-8-17/h4-13H,14H2,1-3H3. The molecule has 0 aliphatic heterocycles. The van der Waals surface area contributed by atoms with Crippen LogP contribution < -0.4 is 9.64 Å². The maximum Gasteiger partial charge on any atom is 0.260 e. The van der Waals surface area contributed by atoms with Crippen molar-refractivity contribution in [2.45, 2.75) is 20.4 Å². The van der Waals surface area contributed by atoms with E-state index in [1.807, 2.05) is 18.2 Å². The van der Waals surface area contributed by atoms with Crippen LogP contribution in [0.5, 0.6) is 5.75 Å². The summed E-state index contributed by atoms with van der Waals surface area (Å²) in [5, 5.41) is 0.667. The number of carbonyl (C=O) groups is 1. The summed E-state index contributed by atoms with van der Waals surface area (Å²) < 4.78 is 6.31. The molecule has 0 unspecified atom stereocenters. The van der Waals surface area contributed by atoms with E-state index in [-0.39, 0.29) is 5.91 Å². The largest absolute Gasteiger partial charge is 0.497 e. The van der Waals surface area contributed by atoms with Gasteiger partial charge in [0, 0.05) is 11.8 Å². The molecule has 4 rings (SSSR count). The molecule has 2 aromatic carbocycles. The molecule has 0 saturated heterocycles. The summed E-state index contributed by atoms with van der Waals surface area (Å²) in [7, 11) is 1.61. The number of benzene rings is 2. The summed E-state index contributed by atoms with van der Waals surface area (Å²) >= 11 is 1.53. The lowest BCUT2D eigenvalue weighted by atomic mass is 10.1. The van der Waals surface area contributed by atoms with E-state index in [1.54, 1.807) is 42.5 Å². The lowest BCUT2D eigenvalue weighted by Crippen LogP contribution is -2.30. The van der Waals surface area contributed by atoms with Crippen LogP contribution in [0.25, 0.3) is 10.2 Å². The van der Waals surface area contributed by atoms with Gasteiger partial charge in [0.2, 0.25) is 0 Å². The fourth-order valence-electron chi connectivity index (χ4n) is 3.25. The van der Waals surface area contributed by atoms with Gasteiger partial charge in [-0.3, -0.25) is 14.7 Å². The van der Waals surface area contributed by atoms with Crippen LogP contribution in [0, 0.1) is 13.8 Å². The summed E-state index contributed by atoms with van der Waals surface area (Å²) in [6.07, 6.45) is 1.73. The van der Waals surface area contributed by atoms with E-state index in [0.717, 1.165) is 21.5 Å². The number of hydrogen-bond acceptors (Lipinski definition) is 5. The molecule has 0 aliphatic rings. The maximum absolute atomic E-state index is 13.4. The predicted molar refractivity (Wildman–Crippen MR) is 117 cm³/mol. The normalized spacial score (nSPS) is 10.9. The summed E-state index contributed by atoms with van der Waals surface area (Å²) in [5.74, 6) is 0.593. The number of aryl methyl sites for hydroxylation is 2. The van der Waals surface area contributed by atoms with Crippen molar-refractivity contribution in [1.29, 1.82) is 0 Å². The molecule has 0 bridgehead atoms. The first-order valence-electron chi connectivity index (χ1n) is 9.29. The maximum atomic E-state index is 13.4. The molecule has 5 nitrogen and oxygen atoms in total. The number of aromatic nitrogens is 2. The number of nitrogens with zero attached hydrogens (tertiary/aromatic N) is 3. The van der Waals surface area contributed by atoms with E-state index in [4.69, 9.17) is 9.72 Å². The monoisotopic (exact) mass is 403 g/mol. The van der Waals surface area contributed by atoms with Crippen LogP contribution in [-0.2, 0) is 6.54 Å². The van der Waals surface area contributed by atoms with E-state index in [9.17, 15) is 4.79 Å². The van der Waals surface area contributed by atoms with E-state index in [0.29, 0.717) is 23.0 Å². The fourth-order valence-corrected chi connectivity index (χ4v) is 4.26. The van der Waals surface area contributed by atoms with Crippen molar-refractivity contribution in [3.8, 4) is 5.75 Å². The fraction of sp³-hybridized carbons (Fsp3) is 0.174. The lowest BCUT2D eigenvalue weighted by molar-refractivity contribution is 0.0985. The molecular weight excluding hydrogens is 382 g/mol. The minimum atomic E-state index is -0.119. The number of thiazole rings is 1. The van der Waals surface area contributed by atoms with E-state index in [2.05, 4.69) is 31.0 Å². The van der Waals surface area contributed by atoms with Gasteiger partial charge < -0.3 is 4.74 Å². The van der Waals surface area contributed by atoms with Gasteiger partial charge in [-0.15, -0.1) is 0 Å². The van der Waals surface area contributed by atoms with Crippen LogP contribution in [0.15, 0.2) is 60.8 Å². The second kappa shape index (κ2) is 8.01. The highest BCUT2D eigenvalue weighted by Gasteiger charge is 2.23. The number of rotatable bonds is 5. The average molecular weight is 404 g/mol. The number of carbonyl (C=O) groups excluding carboxylic acids is 1. The summed E-state index contributed by atoms with van der Waals surface area (Å²) in [6.45, 7) is 4.48. The minimum absolute atomic E-state index is 0.119. The molecular formula is C23H21N3O2S. The average Bonchev–Trinajstić information content (AvgIpc) is 3.16. The zero-order chi connectivity index (χ0) is 20.4. The molecule has 1 amide bonds. The molecule has 0 fully saturated rings. The Bertz CT molecular complexity index is 1150. The van der Waals surface area contributed by atoms with Crippen molar-refractivity contribution in [3.05, 3.63) is 83.2 Å². The molecule has 2 aromatic heterocycles. The predicted octanol–water partition coefficient (Wildman–Crippen LogP) is 5.16. The lowest BCUT2D eigenvalue weighted by Gasteiger charge is -2.19. The summed E-state index contributed by atoms with van der Waals surface area (Å²) in [4.78, 5) is 24.3. The number of pyridine rings is 1. The van der Waals surface area contributed by atoms with Crippen molar-refractivity contribution >= 4 is 32.6 Å². The quantitative estimate of drug-likeness (QED) is 0.462. The Labute approximate surface area is 173 Å². The summed E-state index contributed by atoms with van der Waals surface area (Å²) in [6, 6.07) is 17.0. The number of methoxy groups -OCH3 is 1.